The summed E-state index contributed by atoms with van der Waals surface area (Å²) in [6.07, 6.45) is 19.4. The zero-order valence-corrected chi connectivity index (χ0v) is 30.1. The number of carboxylic acid groups (broad SMARTS) is 2. The van der Waals surface area contributed by atoms with Crippen molar-refractivity contribution in [3.63, 3.8) is 0 Å². The van der Waals surface area contributed by atoms with Crippen molar-refractivity contribution in [1.82, 2.24) is 0 Å². The van der Waals surface area contributed by atoms with E-state index in [9.17, 15) is 33.4 Å². The molecule has 5 N–H and O–H groups in total. The molecule has 0 spiro atoms. The molecule has 0 saturated carbocycles. The van der Waals surface area contributed by atoms with E-state index in [0.29, 0.717) is 32.1 Å². The van der Waals surface area contributed by atoms with Crippen LogP contribution in [0.5, 0.6) is 0 Å². The van der Waals surface area contributed by atoms with Crippen LogP contribution in [0, 0.1) is 0 Å². The second-order valence-corrected chi connectivity index (χ2v) is 13.7. The van der Waals surface area contributed by atoms with Gasteiger partial charge in [-0.3, -0.25) is 28.2 Å². The minimum Gasteiger partial charge on any atom is -0.480 e. The summed E-state index contributed by atoms with van der Waals surface area (Å²) in [5.41, 5.74) is 5.28. The summed E-state index contributed by atoms with van der Waals surface area (Å²) in [5, 5.41) is 17.4. The van der Waals surface area contributed by atoms with Gasteiger partial charge in [-0.15, -0.1) is 0 Å². The average molecular weight is 722 g/mol. The van der Waals surface area contributed by atoms with Crippen molar-refractivity contribution in [3.8, 4) is 0 Å². The molecule has 0 aliphatic carbocycles. The molecule has 0 aromatic rings. The van der Waals surface area contributed by atoms with Crippen LogP contribution in [0.1, 0.15) is 142 Å². The van der Waals surface area contributed by atoms with Crippen molar-refractivity contribution in [2.45, 2.75) is 154 Å². The van der Waals surface area contributed by atoms with Gasteiger partial charge >= 0.3 is 31.7 Å². The van der Waals surface area contributed by atoms with Crippen LogP contribution in [0.25, 0.3) is 0 Å². The Morgan fingerprint density at radius 3 is 1.57 bits per heavy atom. The number of esters is 2. The Labute approximate surface area is 291 Å². The Hall–Kier alpha value is -2.64. The van der Waals surface area contributed by atoms with E-state index in [1.807, 2.05) is 0 Å². The van der Waals surface area contributed by atoms with Crippen LogP contribution in [0.4, 0.5) is 0 Å². The van der Waals surface area contributed by atoms with Crippen LogP contribution < -0.4 is 5.73 Å². The number of nitrogens with two attached hydrogens (primary N) is 1. The van der Waals surface area contributed by atoms with Gasteiger partial charge in [0.25, 0.3) is 0 Å². The van der Waals surface area contributed by atoms with E-state index < -0.39 is 63.7 Å². The third kappa shape index (κ3) is 31.1. The van der Waals surface area contributed by atoms with E-state index in [2.05, 4.69) is 11.4 Å². The Balaban J connectivity index is 4.51. The lowest BCUT2D eigenvalue weighted by Gasteiger charge is -2.20. The summed E-state index contributed by atoms with van der Waals surface area (Å²) < 4.78 is 32.2. The van der Waals surface area contributed by atoms with Crippen LogP contribution in [-0.2, 0) is 47.1 Å². The molecular weight excluding hydrogens is 661 g/mol. The number of ketones is 1. The highest BCUT2D eigenvalue weighted by Gasteiger charge is 2.28. The minimum absolute atomic E-state index is 0.0183. The minimum atomic E-state index is -4.76. The molecule has 284 valence electrons. The lowest BCUT2D eigenvalue weighted by molar-refractivity contribution is -0.161. The number of phosphoric ester groups is 1. The molecule has 14 nitrogen and oxygen atoms in total. The largest absolute Gasteiger partial charge is 0.480 e. The Morgan fingerprint density at radius 1 is 0.633 bits per heavy atom. The molecule has 0 heterocycles. The molecular formula is C34H60NO13P. The Morgan fingerprint density at radius 2 is 1.08 bits per heavy atom. The number of carbonyl (C=O) groups is 5. The van der Waals surface area contributed by atoms with Crippen LogP contribution >= 0.6 is 7.82 Å². The highest BCUT2D eigenvalue weighted by atomic mass is 31.2. The maximum absolute atomic E-state index is 12.5. The average Bonchev–Trinajstić information content (AvgIpc) is 3.05. The summed E-state index contributed by atoms with van der Waals surface area (Å²) in [6.45, 7) is 0.353. The van der Waals surface area contributed by atoms with Gasteiger partial charge in [0, 0.05) is 25.3 Å². The molecule has 0 amide bonds. The molecule has 3 atom stereocenters. The highest BCUT2D eigenvalue weighted by molar-refractivity contribution is 7.47. The summed E-state index contributed by atoms with van der Waals surface area (Å²) in [5.74, 6) is -4.04. The third-order valence-corrected chi connectivity index (χ3v) is 8.54. The summed E-state index contributed by atoms with van der Waals surface area (Å²) >= 11 is 0. The fraction of sp³-hybridized carbons (Fsp3) is 0.794. The number of hydrogen-bond donors (Lipinski definition) is 4. The van der Waals surface area contributed by atoms with Gasteiger partial charge in [0.05, 0.1) is 13.2 Å². The van der Waals surface area contributed by atoms with Crippen molar-refractivity contribution in [2.75, 3.05) is 19.8 Å². The monoisotopic (exact) mass is 721 g/mol. The van der Waals surface area contributed by atoms with Gasteiger partial charge in [0.2, 0.25) is 0 Å². The van der Waals surface area contributed by atoms with E-state index in [-0.39, 0.29) is 25.0 Å². The van der Waals surface area contributed by atoms with Crippen molar-refractivity contribution in [1.29, 1.82) is 0 Å². The first-order valence-corrected chi connectivity index (χ1v) is 19.2. The van der Waals surface area contributed by atoms with Crippen LogP contribution in [0.3, 0.4) is 0 Å². The molecule has 0 aliphatic rings. The summed E-state index contributed by atoms with van der Waals surface area (Å²) in [7, 11) is -4.76. The lowest BCUT2D eigenvalue weighted by Crippen LogP contribution is -2.34. The number of carboxylic acids is 2. The first-order chi connectivity index (χ1) is 23.4. The Kier molecular flexibility index (Phi) is 28.6. The van der Waals surface area contributed by atoms with E-state index in [4.69, 9.17) is 29.9 Å². The number of carbonyl (C=O) groups excluding carboxylic acids is 3. The van der Waals surface area contributed by atoms with Crippen LogP contribution in [0.15, 0.2) is 12.2 Å². The quantitative estimate of drug-likeness (QED) is 0.0244. The van der Waals surface area contributed by atoms with Gasteiger partial charge in [-0.25, -0.2) is 9.36 Å². The summed E-state index contributed by atoms with van der Waals surface area (Å²) in [4.78, 5) is 67.5. The fourth-order valence-corrected chi connectivity index (χ4v) is 5.49. The number of phosphoric acid groups is 1. The molecule has 0 aromatic heterocycles. The molecule has 0 saturated heterocycles. The number of hydrogen-bond acceptors (Lipinski definition) is 11. The number of unbranched alkanes of at least 4 members (excludes halogenated alkanes) is 16. The molecule has 49 heavy (non-hydrogen) atoms. The first-order valence-electron chi connectivity index (χ1n) is 17.8. The molecule has 0 aromatic carbocycles. The molecule has 0 rings (SSSR count). The second kappa shape index (κ2) is 30.2. The standard InChI is InChI=1S/C34H60NO13P/c1-2-3-4-5-6-7-8-9-10-11-12-15-18-21-32(39)45-25-29(26-46-49(43,44)47-27-30(35)34(41)42)48-33(40)22-19-16-13-14-17-20-28(36)23-24-31(37)38/h23-24,29-30H,2-22,25-27,35H2,1H3,(H,37,38)(H,41,42)(H,43,44)/b24-23+/t29-,30+/m1/s1. The van der Waals surface area contributed by atoms with Gasteiger partial charge in [0.15, 0.2) is 11.9 Å². The van der Waals surface area contributed by atoms with Crippen molar-refractivity contribution in [2.24, 2.45) is 5.73 Å². The maximum atomic E-state index is 12.5. The number of ether oxygens (including phenoxy) is 2. The number of allylic oxidation sites excluding steroid dienone is 1. The molecule has 15 heteroatoms. The molecule has 1 unspecified atom stereocenters. The number of rotatable bonds is 34. The van der Waals surface area contributed by atoms with E-state index in [1.165, 1.54) is 57.8 Å². The van der Waals surface area contributed by atoms with Crippen molar-refractivity contribution >= 4 is 37.5 Å². The smallest absolute Gasteiger partial charge is 0.472 e. The molecule has 0 aliphatic heterocycles. The van der Waals surface area contributed by atoms with Crippen molar-refractivity contribution in [3.05, 3.63) is 12.2 Å². The van der Waals surface area contributed by atoms with E-state index in [1.54, 1.807) is 0 Å². The van der Waals surface area contributed by atoms with E-state index in [0.717, 1.165) is 37.8 Å². The topological polar surface area (TPSA) is 226 Å². The molecule has 0 fully saturated rings. The predicted octanol–water partition coefficient (Wildman–Crippen LogP) is 6.41. The fourth-order valence-electron chi connectivity index (χ4n) is 4.71. The van der Waals surface area contributed by atoms with Gasteiger partial charge in [-0.1, -0.05) is 103 Å². The third-order valence-electron chi connectivity index (χ3n) is 7.59. The van der Waals surface area contributed by atoms with E-state index >= 15 is 0 Å². The van der Waals surface area contributed by atoms with Gasteiger partial charge in [-0.05, 0) is 25.3 Å². The maximum Gasteiger partial charge on any atom is 0.472 e. The number of aliphatic carboxylic acids is 2. The van der Waals surface area contributed by atoms with Gasteiger partial charge < -0.3 is 30.3 Å². The lowest BCUT2D eigenvalue weighted by atomic mass is 10.0. The predicted molar refractivity (Wildman–Crippen MR) is 183 cm³/mol. The van der Waals surface area contributed by atoms with Gasteiger partial charge in [0.1, 0.15) is 12.6 Å². The highest BCUT2D eigenvalue weighted by Crippen LogP contribution is 2.43. The summed E-state index contributed by atoms with van der Waals surface area (Å²) in [6, 6.07) is -1.56. The van der Waals surface area contributed by atoms with Crippen LogP contribution in [0.2, 0.25) is 0 Å². The molecule has 0 radical (unpaired) electrons. The molecule has 0 bridgehead atoms. The first kappa shape index (κ1) is 46.4. The van der Waals surface area contributed by atoms with Crippen molar-refractivity contribution < 1.29 is 62.2 Å². The normalized spacial score (nSPS) is 13.9. The zero-order chi connectivity index (χ0) is 36.8. The Bertz CT molecular complexity index is 1020. The van der Waals surface area contributed by atoms with Gasteiger partial charge in [-0.2, -0.15) is 0 Å². The zero-order valence-electron chi connectivity index (χ0n) is 29.2. The SMILES string of the molecule is CCCCCCCCCCCCCCCC(=O)OC[C@H](COP(=O)(O)OC[C@H](N)C(=O)O)OC(=O)CCCCCCCC(=O)/C=C/C(=O)O. The van der Waals surface area contributed by atoms with Crippen LogP contribution in [-0.4, -0.2) is 76.7 Å². The second-order valence-electron chi connectivity index (χ2n) is 12.2.